The summed E-state index contributed by atoms with van der Waals surface area (Å²) in [6, 6.07) is 7.98. The highest BCUT2D eigenvalue weighted by Gasteiger charge is 2.19. The minimum atomic E-state index is -0.0698. The van der Waals surface area contributed by atoms with Crippen LogP contribution in [0.3, 0.4) is 0 Å². The molecule has 0 radical (unpaired) electrons. The van der Waals surface area contributed by atoms with Crippen molar-refractivity contribution in [1.82, 2.24) is 9.97 Å². The second-order valence-corrected chi connectivity index (χ2v) is 6.49. The van der Waals surface area contributed by atoms with E-state index in [0.29, 0.717) is 6.79 Å². The molecule has 0 saturated carbocycles. The molecule has 22 heavy (non-hydrogen) atoms. The van der Waals surface area contributed by atoms with Gasteiger partial charge in [-0.05, 0) is 30.7 Å². The second kappa shape index (κ2) is 5.48. The topological polar surface area (TPSA) is 56.3 Å². The Balaban J connectivity index is 1.78. The van der Waals surface area contributed by atoms with E-state index >= 15 is 0 Å². The van der Waals surface area contributed by atoms with Gasteiger partial charge in [-0.25, -0.2) is 9.97 Å². The van der Waals surface area contributed by atoms with Crippen molar-refractivity contribution < 1.29 is 9.47 Å². The van der Waals surface area contributed by atoms with Crippen molar-refractivity contribution in [3.8, 4) is 11.5 Å². The monoisotopic (exact) mass is 299 g/mol. The SMILES string of the molecule is CC(Nc1ccnc(C(C)(C)C)n1)c1ccc2c(c1)OCO2. The van der Waals surface area contributed by atoms with Crippen LogP contribution in [-0.2, 0) is 5.41 Å². The number of fused-ring (bicyclic) bond motifs is 1. The van der Waals surface area contributed by atoms with Crippen LogP contribution in [0, 0.1) is 0 Å². The Morgan fingerprint density at radius 1 is 1.14 bits per heavy atom. The Hall–Kier alpha value is -2.30. The minimum Gasteiger partial charge on any atom is -0.454 e. The van der Waals surface area contributed by atoms with Crippen LogP contribution in [-0.4, -0.2) is 16.8 Å². The molecule has 1 aromatic carbocycles. The third-order valence-electron chi connectivity index (χ3n) is 3.59. The zero-order chi connectivity index (χ0) is 15.7. The molecule has 1 aromatic heterocycles. The summed E-state index contributed by atoms with van der Waals surface area (Å²) < 4.78 is 10.8. The number of hydrogen-bond donors (Lipinski definition) is 1. The summed E-state index contributed by atoms with van der Waals surface area (Å²) in [7, 11) is 0. The van der Waals surface area contributed by atoms with Gasteiger partial charge in [0.25, 0.3) is 0 Å². The van der Waals surface area contributed by atoms with E-state index in [0.717, 1.165) is 28.7 Å². The first kappa shape index (κ1) is 14.6. The van der Waals surface area contributed by atoms with Gasteiger partial charge in [-0.1, -0.05) is 26.8 Å². The van der Waals surface area contributed by atoms with Crippen LogP contribution in [0.25, 0.3) is 0 Å². The van der Waals surface area contributed by atoms with Gasteiger partial charge in [-0.15, -0.1) is 0 Å². The summed E-state index contributed by atoms with van der Waals surface area (Å²) in [6.07, 6.45) is 1.79. The zero-order valence-corrected chi connectivity index (χ0v) is 13.4. The Kier molecular flexibility index (Phi) is 3.64. The average molecular weight is 299 g/mol. The molecule has 1 aliphatic rings. The summed E-state index contributed by atoms with van der Waals surface area (Å²) in [5.74, 6) is 3.25. The van der Waals surface area contributed by atoms with Crippen LogP contribution < -0.4 is 14.8 Å². The third kappa shape index (κ3) is 2.98. The van der Waals surface area contributed by atoms with Crippen molar-refractivity contribution in [3.05, 3.63) is 41.9 Å². The standard InChI is InChI=1S/C17H21N3O2/c1-11(12-5-6-13-14(9-12)22-10-21-13)19-15-7-8-18-16(20-15)17(2,3)4/h5-9,11H,10H2,1-4H3,(H,18,19,20). The lowest BCUT2D eigenvalue weighted by atomic mass is 9.96. The quantitative estimate of drug-likeness (QED) is 0.937. The summed E-state index contributed by atoms with van der Waals surface area (Å²) in [5.41, 5.74) is 1.06. The second-order valence-electron chi connectivity index (χ2n) is 6.49. The number of anilines is 1. The predicted molar refractivity (Wildman–Crippen MR) is 85.3 cm³/mol. The molecule has 1 N–H and O–H groups in total. The van der Waals surface area contributed by atoms with E-state index in [4.69, 9.17) is 9.47 Å². The number of nitrogens with one attached hydrogen (secondary N) is 1. The maximum atomic E-state index is 5.43. The van der Waals surface area contributed by atoms with Gasteiger partial charge in [0.05, 0.1) is 6.04 Å². The number of ether oxygens (including phenoxy) is 2. The minimum absolute atomic E-state index is 0.0698. The molecule has 0 fully saturated rings. The van der Waals surface area contributed by atoms with Crippen molar-refractivity contribution in [2.45, 2.75) is 39.2 Å². The Labute approximate surface area is 130 Å². The van der Waals surface area contributed by atoms with Crippen molar-refractivity contribution in [3.63, 3.8) is 0 Å². The molecule has 0 aliphatic carbocycles. The smallest absolute Gasteiger partial charge is 0.231 e. The van der Waals surface area contributed by atoms with Crippen molar-refractivity contribution >= 4 is 5.82 Å². The fourth-order valence-corrected chi connectivity index (χ4v) is 2.29. The van der Waals surface area contributed by atoms with E-state index < -0.39 is 0 Å². The molecule has 0 saturated heterocycles. The lowest BCUT2D eigenvalue weighted by Gasteiger charge is -2.19. The maximum absolute atomic E-state index is 5.43. The number of nitrogens with zero attached hydrogens (tertiary/aromatic N) is 2. The molecule has 0 amide bonds. The summed E-state index contributed by atoms with van der Waals surface area (Å²) in [4.78, 5) is 8.95. The summed E-state index contributed by atoms with van der Waals surface area (Å²) >= 11 is 0. The van der Waals surface area contributed by atoms with E-state index in [2.05, 4.69) is 43.0 Å². The molecule has 1 unspecified atom stereocenters. The molecule has 2 aromatic rings. The molecule has 1 atom stereocenters. The summed E-state index contributed by atoms with van der Waals surface area (Å²) in [5, 5.41) is 3.41. The van der Waals surface area contributed by atoms with Gasteiger partial charge < -0.3 is 14.8 Å². The summed E-state index contributed by atoms with van der Waals surface area (Å²) in [6.45, 7) is 8.70. The molecule has 116 valence electrons. The first-order chi connectivity index (χ1) is 10.4. The highest BCUT2D eigenvalue weighted by atomic mass is 16.7. The van der Waals surface area contributed by atoms with Gasteiger partial charge in [0.15, 0.2) is 11.5 Å². The third-order valence-corrected chi connectivity index (χ3v) is 3.59. The average Bonchev–Trinajstić information content (AvgIpc) is 2.94. The van der Waals surface area contributed by atoms with E-state index in [1.54, 1.807) is 6.20 Å². The number of rotatable bonds is 3. The van der Waals surface area contributed by atoms with Crippen molar-refractivity contribution in [2.24, 2.45) is 0 Å². The van der Waals surface area contributed by atoms with Crippen LogP contribution in [0.5, 0.6) is 11.5 Å². The molecule has 0 bridgehead atoms. The molecule has 0 spiro atoms. The Morgan fingerprint density at radius 3 is 2.68 bits per heavy atom. The van der Waals surface area contributed by atoms with Crippen LogP contribution >= 0.6 is 0 Å². The predicted octanol–water partition coefficient (Wildman–Crippen LogP) is 3.68. The first-order valence-electron chi connectivity index (χ1n) is 7.43. The van der Waals surface area contributed by atoms with Crippen LogP contribution in [0.2, 0.25) is 0 Å². The van der Waals surface area contributed by atoms with Crippen molar-refractivity contribution in [2.75, 3.05) is 12.1 Å². The number of aromatic nitrogens is 2. The van der Waals surface area contributed by atoms with Gasteiger partial charge in [0.2, 0.25) is 6.79 Å². The van der Waals surface area contributed by atoms with Crippen LogP contribution in [0.1, 0.15) is 45.1 Å². The lowest BCUT2D eigenvalue weighted by molar-refractivity contribution is 0.174. The molecule has 5 nitrogen and oxygen atoms in total. The van der Waals surface area contributed by atoms with E-state index in [9.17, 15) is 0 Å². The molecular formula is C17H21N3O2. The number of benzene rings is 1. The van der Waals surface area contributed by atoms with Gasteiger partial charge in [0.1, 0.15) is 11.6 Å². The van der Waals surface area contributed by atoms with Gasteiger partial charge >= 0.3 is 0 Å². The molecule has 5 heteroatoms. The normalized spacial score (nSPS) is 14.7. The van der Waals surface area contributed by atoms with Gasteiger partial charge in [0, 0.05) is 11.6 Å². The largest absolute Gasteiger partial charge is 0.454 e. The molecule has 1 aliphatic heterocycles. The van der Waals surface area contributed by atoms with Gasteiger partial charge in [-0.3, -0.25) is 0 Å². The molecular weight excluding hydrogens is 278 g/mol. The first-order valence-corrected chi connectivity index (χ1v) is 7.43. The van der Waals surface area contributed by atoms with E-state index in [-0.39, 0.29) is 11.5 Å². The highest BCUT2D eigenvalue weighted by Crippen LogP contribution is 2.34. The Morgan fingerprint density at radius 2 is 1.91 bits per heavy atom. The van der Waals surface area contributed by atoms with Crippen LogP contribution in [0.15, 0.2) is 30.5 Å². The number of hydrogen-bond acceptors (Lipinski definition) is 5. The lowest BCUT2D eigenvalue weighted by Crippen LogP contribution is -2.17. The van der Waals surface area contributed by atoms with Crippen LogP contribution in [0.4, 0.5) is 5.82 Å². The van der Waals surface area contributed by atoms with Crippen molar-refractivity contribution in [1.29, 1.82) is 0 Å². The Bertz CT molecular complexity index is 680. The van der Waals surface area contributed by atoms with Gasteiger partial charge in [-0.2, -0.15) is 0 Å². The zero-order valence-electron chi connectivity index (χ0n) is 13.4. The molecule has 3 rings (SSSR count). The highest BCUT2D eigenvalue weighted by molar-refractivity contribution is 5.47. The fourth-order valence-electron chi connectivity index (χ4n) is 2.29. The fraction of sp³-hybridized carbons (Fsp3) is 0.412. The van der Waals surface area contributed by atoms with E-state index in [1.165, 1.54) is 0 Å². The molecule has 2 heterocycles. The van der Waals surface area contributed by atoms with E-state index in [1.807, 2.05) is 24.3 Å². The maximum Gasteiger partial charge on any atom is 0.231 e.